The summed E-state index contributed by atoms with van der Waals surface area (Å²) in [5.41, 5.74) is 0.891. The van der Waals surface area contributed by atoms with Gasteiger partial charge in [-0.2, -0.15) is 4.31 Å². The first-order chi connectivity index (χ1) is 13.3. The molecule has 3 atom stereocenters. The fourth-order valence-corrected chi connectivity index (χ4v) is 5.43. The first-order valence-corrected chi connectivity index (χ1v) is 11.8. The van der Waals surface area contributed by atoms with Gasteiger partial charge in [-0.3, -0.25) is 9.59 Å². The van der Waals surface area contributed by atoms with Crippen LogP contribution in [0.15, 0.2) is 4.79 Å². The molecule has 9 heteroatoms. The molecule has 1 aromatic rings. The lowest BCUT2D eigenvalue weighted by Crippen LogP contribution is -2.43. The van der Waals surface area contributed by atoms with E-state index in [4.69, 9.17) is 0 Å². The molecule has 8 nitrogen and oxygen atoms in total. The van der Waals surface area contributed by atoms with E-state index in [1.54, 1.807) is 6.92 Å². The molecule has 1 saturated carbocycles. The van der Waals surface area contributed by atoms with Gasteiger partial charge in [0.25, 0.3) is 5.56 Å². The Bertz CT molecular complexity index is 942. The Morgan fingerprint density at radius 3 is 2.71 bits per heavy atom. The largest absolute Gasteiger partial charge is 0.332 e. The Morgan fingerprint density at radius 2 is 2.04 bits per heavy atom. The highest BCUT2D eigenvalue weighted by atomic mass is 32.2. The van der Waals surface area contributed by atoms with Crippen LogP contribution < -0.4 is 5.56 Å². The molecule has 2 aliphatic heterocycles. The van der Waals surface area contributed by atoms with Crippen molar-refractivity contribution >= 4 is 15.9 Å². The number of aromatic nitrogens is 2. The SMILES string of the molecule is CCS(=O)(=O)N1CCc2c(nc([C@@H]3CCCCN3C(=O)[C@@H]3C[C@H]3C)[nH]c2=O)C1. The van der Waals surface area contributed by atoms with Crippen LogP contribution in [0.1, 0.15) is 62.7 Å². The van der Waals surface area contributed by atoms with Crippen LogP contribution in [-0.4, -0.2) is 52.3 Å². The van der Waals surface area contributed by atoms with Crippen LogP contribution in [-0.2, 0) is 27.8 Å². The molecule has 3 aliphatic rings. The average Bonchev–Trinajstić information content (AvgIpc) is 3.43. The molecule has 154 valence electrons. The van der Waals surface area contributed by atoms with E-state index in [1.807, 2.05) is 4.90 Å². The van der Waals surface area contributed by atoms with E-state index in [9.17, 15) is 18.0 Å². The summed E-state index contributed by atoms with van der Waals surface area (Å²) in [6, 6.07) is -0.231. The minimum atomic E-state index is -3.33. The Morgan fingerprint density at radius 1 is 1.29 bits per heavy atom. The fourth-order valence-electron chi connectivity index (χ4n) is 4.37. The normalized spacial score (nSPS) is 28.1. The zero-order valence-corrected chi connectivity index (χ0v) is 17.3. The molecule has 0 aromatic carbocycles. The molecule has 1 saturated heterocycles. The molecular formula is C19H28N4O4S. The highest BCUT2D eigenvalue weighted by Crippen LogP contribution is 2.42. The molecule has 1 aliphatic carbocycles. The third-order valence-corrected chi connectivity index (χ3v) is 8.17. The topological polar surface area (TPSA) is 103 Å². The molecule has 0 spiro atoms. The molecule has 2 fully saturated rings. The van der Waals surface area contributed by atoms with Crippen molar-refractivity contribution in [1.82, 2.24) is 19.2 Å². The summed E-state index contributed by atoms with van der Waals surface area (Å²) in [5.74, 6) is 1.21. The minimum Gasteiger partial charge on any atom is -0.332 e. The number of hydrogen-bond donors (Lipinski definition) is 1. The minimum absolute atomic E-state index is 0.0306. The first-order valence-electron chi connectivity index (χ1n) is 10.2. The van der Waals surface area contributed by atoms with Crippen LogP contribution >= 0.6 is 0 Å². The van der Waals surface area contributed by atoms with Gasteiger partial charge in [0.15, 0.2) is 0 Å². The van der Waals surface area contributed by atoms with E-state index in [0.29, 0.717) is 42.5 Å². The predicted molar refractivity (Wildman–Crippen MR) is 104 cm³/mol. The monoisotopic (exact) mass is 408 g/mol. The number of aromatic amines is 1. The molecule has 28 heavy (non-hydrogen) atoms. The van der Waals surface area contributed by atoms with Gasteiger partial charge < -0.3 is 9.88 Å². The second-order valence-corrected chi connectivity index (χ2v) is 10.5. The van der Waals surface area contributed by atoms with Gasteiger partial charge in [0.05, 0.1) is 24.0 Å². The summed E-state index contributed by atoms with van der Waals surface area (Å²) in [4.78, 5) is 35.0. The molecular weight excluding hydrogens is 380 g/mol. The zero-order chi connectivity index (χ0) is 20.1. The van der Waals surface area contributed by atoms with E-state index in [-0.39, 0.29) is 35.7 Å². The fraction of sp³-hybridized carbons (Fsp3) is 0.737. The maximum Gasteiger partial charge on any atom is 0.254 e. The summed E-state index contributed by atoms with van der Waals surface area (Å²) in [7, 11) is -3.33. The zero-order valence-electron chi connectivity index (χ0n) is 16.5. The highest BCUT2D eigenvalue weighted by molar-refractivity contribution is 7.89. The molecule has 1 aromatic heterocycles. The lowest BCUT2D eigenvalue weighted by Gasteiger charge is -2.36. The number of rotatable bonds is 4. The van der Waals surface area contributed by atoms with Crippen LogP contribution in [0.4, 0.5) is 0 Å². The molecule has 0 bridgehead atoms. The standard InChI is InChI=1S/C19H28N4O4S/c1-3-28(26,27)22-9-7-13-15(11-22)20-17(21-18(13)24)16-6-4-5-8-23(16)19(25)14-10-12(14)2/h12,14,16H,3-11H2,1-2H3,(H,20,21,24)/t12-,14-,16+/m1/s1. The summed E-state index contributed by atoms with van der Waals surface area (Å²) >= 11 is 0. The second kappa shape index (κ2) is 7.26. The lowest BCUT2D eigenvalue weighted by molar-refractivity contribution is -0.137. The van der Waals surface area contributed by atoms with Gasteiger partial charge >= 0.3 is 0 Å². The van der Waals surface area contributed by atoms with Crippen LogP contribution in [0.5, 0.6) is 0 Å². The molecule has 0 unspecified atom stereocenters. The number of piperidine rings is 1. The summed E-state index contributed by atoms with van der Waals surface area (Å²) in [6.07, 6.45) is 4.00. The van der Waals surface area contributed by atoms with Crippen molar-refractivity contribution in [3.63, 3.8) is 0 Å². The maximum atomic E-state index is 12.9. The molecule has 0 radical (unpaired) electrons. The van der Waals surface area contributed by atoms with Crippen molar-refractivity contribution in [3.05, 3.63) is 27.4 Å². The number of fused-ring (bicyclic) bond motifs is 1. The predicted octanol–water partition coefficient (Wildman–Crippen LogP) is 1.19. The van der Waals surface area contributed by atoms with Gasteiger partial charge in [-0.1, -0.05) is 6.92 Å². The van der Waals surface area contributed by atoms with Crippen molar-refractivity contribution in [3.8, 4) is 0 Å². The van der Waals surface area contributed by atoms with Crippen molar-refractivity contribution < 1.29 is 13.2 Å². The van der Waals surface area contributed by atoms with Crippen molar-refractivity contribution in [2.75, 3.05) is 18.8 Å². The third kappa shape index (κ3) is 3.50. The van der Waals surface area contributed by atoms with Crippen LogP contribution in [0.3, 0.4) is 0 Å². The summed E-state index contributed by atoms with van der Waals surface area (Å²) in [6.45, 7) is 4.82. The molecule has 3 heterocycles. The van der Waals surface area contributed by atoms with E-state index < -0.39 is 10.0 Å². The van der Waals surface area contributed by atoms with Gasteiger partial charge in [0.1, 0.15) is 5.82 Å². The Kier molecular flexibility index (Phi) is 5.07. The lowest BCUT2D eigenvalue weighted by atomic mass is 9.99. The van der Waals surface area contributed by atoms with Gasteiger partial charge in [0.2, 0.25) is 15.9 Å². The van der Waals surface area contributed by atoms with Gasteiger partial charge in [-0.25, -0.2) is 13.4 Å². The summed E-state index contributed by atoms with van der Waals surface area (Å²) < 4.78 is 25.9. The van der Waals surface area contributed by atoms with Gasteiger partial charge in [0, 0.05) is 24.6 Å². The first kappa shape index (κ1) is 19.6. The Hall–Kier alpha value is -1.74. The van der Waals surface area contributed by atoms with Gasteiger partial charge in [-0.05, 0) is 44.9 Å². The number of nitrogens with zero attached hydrogens (tertiary/aromatic N) is 3. The second-order valence-electron chi connectivity index (χ2n) is 8.22. The Balaban J connectivity index is 1.65. The van der Waals surface area contributed by atoms with E-state index >= 15 is 0 Å². The number of nitrogens with one attached hydrogen (secondary N) is 1. The molecule has 1 N–H and O–H groups in total. The quantitative estimate of drug-likeness (QED) is 0.806. The van der Waals surface area contributed by atoms with Crippen LogP contribution in [0, 0.1) is 11.8 Å². The smallest absolute Gasteiger partial charge is 0.254 e. The summed E-state index contributed by atoms with van der Waals surface area (Å²) in [5, 5.41) is 0. The number of sulfonamides is 1. The number of H-pyrrole nitrogens is 1. The van der Waals surface area contributed by atoms with Crippen molar-refractivity contribution in [2.24, 2.45) is 11.8 Å². The number of carbonyl (C=O) groups excluding carboxylic acids is 1. The number of likely N-dealkylation sites (tertiary alicyclic amines) is 1. The molecule has 1 amide bonds. The Labute approximate surface area is 165 Å². The van der Waals surface area contributed by atoms with Crippen molar-refractivity contribution in [2.45, 2.75) is 58.5 Å². The van der Waals surface area contributed by atoms with Crippen molar-refractivity contribution in [1.29, 1.82) is 0 Å². The van der Waals surface area contributed by atoms with Crippen LogP contribution in [0.25, 0.3) is 0 Å². The average molecular weight is 409 g/mol. The van der Waals surface area contributed by atoms with E-state index in [1.165, 1.54) is 4.31 Å². The number of amides is 1. The van der Waals surface area contributed by atoms with E-state index in [2.05, 4.69) is 16.9 Å². The van der Waals surface area contributed by atoms with Crippen LogP contribution in [0.2, 0.25) is 0 Å². The maximum absolute atomic E-state index is 12.9. The highest BCUT2D eigenvalue weighted by Gasteiger charge is 2.44. The van der Waals surface area contributed by atoms with E-state index in [0.717, 1.165) is 25.7 Å². The van der Waals surface area contributed by atoms with Gasteiger partial charge in [-0.15, -0.1) is 0 Å². The number of carbonyl (C=O) groups is 1. The third-order valence-electron chi connectivity index (χ3n) is 6.34. The molecule has 4 rings (SSSR count). The number of hydrogen-bond acceptors (Lipinski definition) is 5.